The van der Waals surface area contributed by atoms with Crippen LogP contribution in [0.4, 0.5) is 0 Å². The predicted molar refractivity (Wildman–Crippen MR) is 72.1 cm³/mol. The number of amides is 1. The summed E-state index contributed by atoms with van der Waals surface area (Å²) in [5.74, 6) is 0.497. The van der Waals surface area contributed by atoms with Gasteiger partial charge in [-0.25, -0.2) is 0 Å². The molecule has 1 aliphatic rings. The van der Waals surface area contributed by atoms with Crippen molar-refractivity contribution in [1.29, 1.82) is 0 Å². The lowest BCUT2D eigenvalue weighted by Crippen LogP contribution is -2.27. The molecule has 98 valence electrons. The SMILES string of the molecule is O=C(c1cnoc1-c1ccc(Cl)cc1)N1CCCC1. The van der Waals surface area contributed by atoms with Crippen molar-refractivity contribution in [3.63, 3.8) is 0 Å². The largest absolute Gasteiger partial charge is 0.355 e. The van der Waals surface area contributed by atoms with Crippen molar-refractivity contribution in [2.45, 2.75) is 12.8 Å². The maximum atomic E-state index is 12.4. The van der Waals surface area contributed by atoms with E-state index in [2.05, 4.69) is 5.16 Å². The zero-order chi connectivity index (χ0) is 13.2. The van der Waals surface area contributed by atoms with Crippen LogP contribution in [-0.4, -0.2) is 29.1 Å². The zero-order valence-electron chi connectivity index (χ0n) is 10.3. The van der Waals surface area contributed by atoms with Crippen LogP contribution in [-0.2, 0) is 0 Å². The minimum atomic E-state index is -0.0105. The molecule has 5 heteroatoms. The number of hydrogen-bond acceptors (Lipinski definition) is 3. The highest BCUT2D eigenvalue weighted by molar-refractivity contribution is 6.30. The van der Waals surface area contributed by atoms with E-state index in [0.717, 1.165) is 31.5 Å². The second kappa shape index (κ2) is 5.05. The highest BCUT2D eigenvalue weighted by Gasteiger charge is 2.25. The molecular weight excluding hydrogens is 264 g/mol. The van der Waals surface area contributed by atoms with E-state index >= 15 is 0 Å². The second-order valence-corrected chi connectivity index (χ2v) is 5.01. The normalized spacial score (nSPS) is 14.9. The molecule has 0 unspecified atom stereocenters. The first kappa shape index (κ1) is 12.2. The highest BCUT2D eigenvalue weighted by Crippen LogP contribution is 2.26. The molecule has 2 aromatic rings. The van der Waals surface area contributed by atoms with Crippen LogP contribution in [0.25, 0.3) is 11.3 Å². The summed E-state index contributed by atoms with van der Waals surface area (Å²) in [6.07, 6.45) is 3.62. The quantitative estimate of drug-likeness (QED) is 0.846. The molecule has 19 heavy (non-hydrogen) atoms. The van der Waals surface area contributed by atoms with Crippen LogP contribution in [0.3, 0.4) is 0 Å². The average molecular weight is 277 g/mol. The van der Waals surface area contributed by atoms with Gasteiger partial charge >= 0.3 is 0 Å². The number of aromatic nitrogens is 1. The van der Waals surface area contributed by atoms with E-state index in [1.165, 1.54) is 6.20 Å². The van der Waals surface area contributed by atoms with Gasteiger partial charge in [0.05, 0.1) is 6.20 Å². The predicted octanol–water partition coefficient (Wildman–Crippen LogP) is 3.23. The standard InChI is InChI=1S/C14H13ClN2O2/c15-11-5-3-10(4-6-11)13-12(9-16-19-13)14(18)17-7-1-2-8-17/h3-6,9H,1-2,7-8H2. The summed E-state index contributed by atoms with van der Waals surface area (Å²) in [5.41, 5.74) is 1.33. The van der Waals surface area contributed by atoms with Crippen molar-refractivity contribution in [2.75, 3.05) is 13.1 Å². The van der Waals surface area contributed by atoms with Crippen molar-refractivity contribution in [3.8, 4) is 11.3 Å². The molecule has 4 nitrogen and oxygen atoms in total. The summed E-state index contributed by atoms with van der Waals surface area (Å²) in [4.78, 5) is 14.2. The van der Waals surface area contributed by atoms with Crippen molar-refractivity contribution in [3.05, 3.63) is 41.0 Å². The Kier molecular flexibility index (Phi) is 3.25. The molecule has 1 amide bonds. The molecule has 0 aliphatic carbocycles. The van der Waals surface area contributed by atoms with Gasteiger partial charge in [-0.1, -0.05) is 16.8 Å². The Hall–Kier alpha value is -1.81. The van der Waals surface area contributed by atoms with E-state index < -0.39 is 0 Å². The van der Waals surface area contributed by atoms with Gasteiger partial charge in [-0.2, -0.15) is 0 Å². The van der Waals surface area contributed by atoms with E-state index in [0.29, 0.717) is 16.3 Å². The fraction of sp³-hybridized carbons (Fsp3) is 0.286. The molecule has 1 fully saturated rings. The Bertz CT molecular complexity index is 586. The Labute approximate surface area is 115 Å². The van der Waals surface area contributed by atoms with E-state index in [1.807, 2.05) is 17.0 Å². The molecule has 1 aromatic heterocycles. The summed E-state index contributed by atoms with van der Waals surface area (Å²) < 4.78 is 5.23. The first-order valence-corrected chi connectivity index (χ1v) is 6.63. The van der Waals surface area contributed by atoms with Crippen LogP contribution >= 0.6 is 11.6 Å². The van der Waals surface area contributed by atoms with Crippen molar-refractivity contribution < 1.29 is 9.32 Å². The first-order chi connectivity index (χ1) is 9.25. The monoisotopic (exact) mass is 276 g/mol. The lowest BCUT2D eigenvalue weighted by molar-refractivity contribution is 0.0793. The Morgan fingerprint density at radius 3 is 2.58 bits per heavy atom. The summed E-state index contributed by atoms with van der Waals surface area (Å²) in [6.45, 7) is 1.62. The van der Waals surface area contributed by atoms with Gasteiger partial charge < -0.3 is 9.42 Å². The van der Waals surface area contributed by atoms with Crippen molar-refractivity contribution >= 4 is 17.5 Å². The third-order valence-electron chi connectivity index (χ3n) is 3.30. The number of rotatable bonds is 2. The molecule has 1 aromatic carbocycles. The first-order valence-electron chi connectivity index (χ1n) is 6.25. The molecule has 0 bridgehead atoms. The molecule has 0 atom stereocenters. The van der Waals surface area contributed by atoms with Crippen LogP contribution in [0.5, 0.6) is 0 Å². The summed E-state index contributed by atoms with van der Waals surface area (Å²) in [6, 6.07) is 7.18. The lowest BCUT2D eigenvalue weighted by Gasteiger charge is -2.14. The van der Waals surface area contributed by atoms with Gasteiger partial charge in [0.1, 0.15) is 5.56 Å². The van der Waals surface area contributed by atoms with Crippen LogP contribution in [0.2, 0.25) is 5.02 Å². The molecule has 3 rings (SSSR count). The van der Waals surface area contributed by atoms with Gasteiger partial charge in [0, 0.05) is 23.7 Å². The number of carbonyl (C=O) groups excluding carboxylic acids is 1. The summed E-state index contributed by atoms with van der Waals surface area (Å²) in [7, 11) is 0. The van der Waals surface area contributed by atoms with Crippen LogP contribution in [0.1, 0.15) is 23.2 Å². The van der Waals surface area contributed by atoms with Crippen LogP contribution in [0, 0.1) is 0 Å². The maximum Gasteiger partial charge on any atom is 0.259 e. The maximum absolute atomic E-state index is 12.4. The Morgan fingerprint density at radius 1 is 1.21 bits per heavy atom. The van der Waals surface area contributed by atoms with Gasteiger partial charge in [0.2, 0.25) is 0 Å². The number of carbonyl (C=O) groups is 1. The van der Waals surface area contributed by atoms with Crippen molar-refractivity contribution in [1.82, 2.24) is 10.1 Å². The van der Waals surface area contributed by atoms with E-state index in [4.69, 9.17) is 16.1 Å². The molecule has 0 radical (unpaired) electrons. The average Bonchev–Trinajstić information content (AvgIpc) is 3.10. The number of likely N-dealkylation sites (tertiary alicyclic amines) is 1. The number of nitrogens with zero attached hydrogens (tertiary/aromatic N) is 2. The third-order valence-corrected chi connectivity index (χ3v) is 3.55. The topological polar surface area (TPSA) is 46.3 Å². The van der Waals surface area contributed by atoms with Gasteiger partial charge in [0.15, 0.2) is 5.76 Å². The molecule has 0 spiro atoms. The van der Waals surface area contributed by atoms with Gasteiger partial charge in [0.25, 0.3) is 5.91 Å². The van der Waals surface area contributed by atoms with Crippen LogP contribution in [0.15, 0.2) is 35.0 Å². The summed E-state index contributed by atoms with van der Waals surface area (Å²) in [5, 5.41) is 4.41. The minimum Gasteiger partial charge on any atom is -0.355 e. The number of halogens is 1. The van der Waals surface area contributed by atoms with E-state index in [-0.39, 0.29) is 5.91 Å². The van der Waals surface area contributed by atoms with E-state index in [1.54, 1.807) is 12.1 Å². The molecule has 1 saturated heterocycles. The molecule has 0 saturated carbocycles. The molecule has 1 aliphatic heterocycles. The minimum absolute atomic E-state index is 0.0105. The highest BCUT2D eigenvalue weighted by atomic mass is 35.5. The zero-order valence-corrected chi connectivity index (χ0v) is 11.1. The van der Waals surface area contributed by atoms with Gasteiger partial charge in [-0.05, 0) is 37.1 Å². The van der Waals surface area contributed by atoms with E-state index in [9.17, 15) is 4.79 Å². The smallest absolute Gasteiger partial charge is 0.259 e. The van der Waals surface area contributed by atoms with Crippen molar-refractivity contribution in [2.24, 2.45) is 0 Å². The fourth-order valence-corrected chi connectivity index (χ4v) is 2.42. The number of hydrogen-bond donors (Lipinski definition) is 0. The van der Waals surface area contributed by atoms with Gasteiger partial charge in [-0.15, -0.1) is 0 Å². The third kappa shape index (κ3) is 2.36. The number of benzene rings is 1. The lowest BCUT2D eigenvalue weighted by atomic mass is 10.1. The molecular formula is C14H13ClN2O2. The Balaban J connectivity index is 1.93. The fourth-order valence-electron chi connectivity index (χ4n) is 2.29. The molecule has 0 N–H and O–H groups in total. The van der Waals surface area contributed by atoms with Gasteiger partial charge in [-0.3, -0.25) is 4.79 Å². The Morgan fingerprint density at radius 2 is 1.89 bits per heavy atom. The van der Waals surface area contributed by atoms with Crippen LogP contribution < -0.4 is 0 Å². The molecule has 2 heterocycles. The second-order valence-electron chi connectivity index (χ2n) is 4.57. The summed E-state index contributed by atoms with van der Waals surface area (Å²) >= 11 is 5.86.